The van der Waals surface area contributed by atoms with Crippen LogP contribution in [0.4, 0.5) is 0 Å². The van der Waals surface area contributed by atoms with E-state index in [0.29, 0.717) is 11.3 Å². The molecule has 0 amide bonds. The van der Waals surface area contributed by atoms with E-state index in [2.05, 4.69) is 0 Å². The molecule has 0 fully saturated rings. The van der Waals surface area contributed by atoms with Crippen molar-refractivity contribution in [1.29, 1.82) is 0 Å². The van der Waals surface area contributed by atoms with Crippen LogP contribution in [0.25, 0.3) is 6.08 Å². The summed E-state index contributed by atoms with van der Waals surface area (Å²) in [5.41, 5.74) is 0.856. The van der Waals surface area contributed by atoms with Crippen molar-refractivity contribution in [2.75, 3.05) is 0 Å². The molecular weight excluding hydrogens is 252 g/mol. The first kappa shape index (κ1) is 12.3. The van der Waals surface area contributed by atoms with E-state index in [1.54, 1.807) is 30.3 Å². The van der Waals surface area contributed by atoms with Gasteiger partial charge in [0.1, 0.15) is 0 Å². The summed E-state index contributed by atoms with van der Waals surface area (Å²) in [4.78, 5) is 22.1. The topological polar surface area (TPSA) is 47.3 Å². The first-order valence-electron chi connectivity index (χ1n) is 5.22. The maximum atomic E-state index is 11.7. The van der Waals surface area contributed by atoms with Crippen LogP contribution in [0.2, 0.25) is 5.02 Å². The van der Waals surface area contributed by atoms with Crippen LogP contribution in [0, 0.1) is 0 Å². The minimum absolute atomic E-state index is 0.137. The van der Waals surface area contributed by atoms with Crippen molar-refractivity contribution in [3.63, 3.8) is 0 Å². The van der Waals surface area contributed by atoms with Gasteiger partial charge in [0.2, 0.25) is 5.78 Å². The molecule has 90 valence electrons. The van der Waals surface area contributed by atoms with Gasteiger partial charge in [-0.05, 0) is 35.9 Å². The summed E-state index contributed by atoms with van der Waals surface area (Å²) in [5, 5.41) is 0.639. The fourth-order valence-corrected chi connectivity index (χ4v) is 1.50. The SMILES string of the molecule is O=Cc1ccc(C(=O)/C=C/c2ccc(Cl)cc2)o1. The van der Waals surface area contributed by atoms with Gasteiger partial charge in [0.05, 0.1) is 0 Å². The molecule has 0 saturated heterocycles. The zero-order valence-electron chi connectivity index (χ0n) is 9.30. The van der Waals surface area contributed by atoms with Crippen molar-refractivity contribution in [3.05, 3.63) is 64.6 Å². The molecule has 0 unspecified atom stereocenters. The van der Waals surface area contributed by atoms with Gasteiger partial charge in [0, 0.05) is 5.02 Å². The quantitative estimate of drug-likeness (QED) is 0.479. The van der Waals surface area contributed by atoms with Gasteiger partial charge in [-0.2, -0.15) is 0 Å². The van der Waals surface area contributed by atoms with Crippen LogP contribution in [-0.4, -0.2) is 12.1 Å². The number of benzene rings is 1. The molecule has 0 aliphatic heterocycles. The van der Waals surface area contributed by atoms with Crippen LogP contribution >= 0.6 is 11.6 Å². The summed E-state index contributed by atoms with van der Waals surface area (Å²) in [6.07, 6.45) is 3.60. The van der Waals surface area contributed by atoms with Gasteiger partial charge in [0.15, 0.2) is 17.8 Å². The highest BCUT2D eigenvalue weighted by atomic mass is 35.5. The van der Waals surface area contributed by atoms with E-state index in [-0.39, 0.29) is 17.3 Å². The molecule has 1 aromatic carbocycles. The van der Waals surface area contributed by atoms with Gasteiger partial charge < -0.3 is 4.42 Å². The van der Waals surface area contributed by atoms with E-state index in [1.807, 2.05) is 0 Å². The minimum Gasteiger partial charge on any atom is -0.450 e. The largest absolute Gasteiger partial charge is 0.450 e. The molecule has 0 saturated carbocycles. The maximum Gasteiger partial charge on any atom is 0.221 e. The molecule has 1 heterocycles. The number of aldehydes is 1. The zero-order valence-corrected chi connectivity index (χ0v) is 10.1. The van der Waals surface area contributed by atoms with Crippen molar-refractivity contribution >= 4 is 29.7 Å². The molecule has 2 aromatic rings. The Morgan fingerprint density at radius 1 is 1.11 bits per heavy atom. The van der Waals surface area contributed by atoms with Crippen molar-refractivity contribution in [2.45, 2.75) is 0 Å². The number of carbonyl (C=O) groups is 2. The van der Waals surface area contributed by atoms with Crippen LogP contribution < -0.4 is 0 Å². The Balaban J connectivity index is 2.11. The van der Waals surface area contributed by atoms with Gasteiger partial charge in [-0.1, -0.05) is 29.8 Å². The van der Waals surface area contributed by atoms with Crippen LogP contribution in [0.15, 0.2) is 46.9 Å². The van der Waals surface area contributed by atoms with Crippen molar-refractivity contribution in [1.82, 2.24) is 0 Å². The number of furan rings is 1. The summed E-state index contributed by atoms with van der Waals surface area (Å²) in [5.74, 6) is -0.0152. The normalized spacial score (nSPS) is 10.7. The molecule has 0 aliphatic carbocycles. The molecule has 0 aliphatic rings. The van der Waals surface area contributed by atoms with E-state index in [9.17, 15) is 9.59 Å². The Bertz CT molecular complexity index is 594. The van der Waals surface area contributed by atoms with E-state index in [0.717, 1.165) is 5.56 Å². The molecule has 0 radical (unpaired) electrons. The molecule has 0 bridgehead atoms. The first-order valence-corrected chi connectivity index (χ1v) is 5.60. The zero-order chi connectivity index (χ0) is 13.0. The Morgan fingerprint density at radius 2 is 1.83 bits per heavy atom. The predicted octanol–water partition coefficient (Wildman–Crippen LogP) is 3.64. The number of allylic oxidation sites excluding steroid dienone is 1. The Kier molecular flexibility index (Phi) is 3.75. The second-order valence-corrected chi connectivity index (χ2v) is 4.01. The monoisotopic (exact) mass is 260 g/mol. The summed E-state index contributed by atoms with van der Waals surface area (Å²) in [6.45, 7) is 0. The molecule has 18 heavy (non-hydrogen) atoms. The average molecular weight is 261 g/mol. The number of hydrogen-bond acceptors (Lipinski definition) is 3. The van der Waals surface area contributed by atoms with Gasteiger partial charge in [-0.25, -0.2) is 0 Å². The Morgan fingerprint density at radius 3 is 2.44 bits per heavy atom. The van der Waals surface area contributed by atoms with Crippen LogP contribution in [0.3, 0.4) is 0 Å². The predicted molar refractivity (Wildman–Crippen MR) is 68.9 cm³/mol. The fourth-order valence-electron chi connectivity index (χ4n) is 1.38. The molecule has 1 aromatic heterocycles. The summed E-state index contributed by atoms with van der Waals surface area (Å²) < 4.78 is 5.01. The average Bonchev–Trinajstić information content (AvgIpc) is 2.86. The molecule has 0 spiro atoms. The lowest BCUT2D eigenvalue weighted by Gasteiger charge is -1.93. The van der Waals surface area contributed by atoms with Crippen molar-refractivity contribution in [2.24, 2.45) is 0 Å². The first-order chi connectivity index (χ1) is 8.69. The third-order valence-corrected chi connectivity index (χ3v) is 2.53. The van der Waals surface area contributed by atoms with Crippen LogP contribution in [-0.2, 0) is 0 Å². The molecule has 0 N–H and O–H groups in total. The second-order valence-electron chi connectivity index (χ2n) is 3.57. The lowest BCUT2D eigenvalue weighted by atomic mass is 10.2. The van der Waals surface area contributed by atoms with Crippen molar-refractivity contribution in [3.8, 4) is 0 Å². The molecule has 3 nitrogen and oxygen atoms in total. The fraction of sp³-hybridized carbons (Fsp3) is 0. The molecule has 0 atom stereocenters. The maximum absolute atomic E-state index is 11.7. The number of ketones is 1. The van der Waals surface area contributed by atoms with Gasteiger partial charge in [-0.3, -0.25) is 9.59 Å². The minimum atomic E-state index is -0.293. The highest BCUT2D eigenvalue weighted by molar-refractivity contribution is 6.30. The summed E-state index contributed by atoms with van der Waals surface area (Å²) in [7, 11) is 0. The number of rotatable bonds is 4. The number of carbonyl (C=O) groups excluding carboxylic acids is 2. The van der Waals surface area contributed by atoms with Gasteiger partial charge in [0.25, 0.3) is 0 Å². The van der Waals surface area contributed by atoms with Gasteiger partial charge >= 0.3 is 0 Å². The third kappa shape index (κ3) is 2.96. The van der Waals surface area contributed by atoms with Crippen molar-refractivity contribution < 1.29 is 14.0 Å². The third-order valence-electron chi connectivity index (χ3n) is 2.28. The van der Waals surface area contributed by atoms with E-state index in [1.165, 1.54) is 18.2 Å². The lowest BCUT2D eigenvalue weighted by molar-refractivity contribution is 0.101. The molecular formula is C14H9ClO3. The second kappa shape index (κ2) is 5.47. The van der Waals surface area contributed by atoms with E-state index < -0.39 is 0 Å². The van der Waals surface area contributed by atoms with Gasteiger partial charge in [-0.15, -0.1) is 0 Å². The van der Waals surface area contributed by atoms with Crippen LogP contribution in [0.5, 0.6) is 0 Å². The Hall–Kier alpha value is -2.13. The standard InChI is InChI=1S/C14H9ClO3/c15-11-4-1-10(2-5-11)3-7-13(17)14-8-6-12(9-16)18-14/h1-9H/b7-3+. The van der Waals surface area contributed by atoms with Crippen LogP contribution in [0.1, 0.15) is 26.7 Å². The Labute approximate surface area is 109 Å². The smallest absolute Gasteiger partial charge is 0.221 e. The number of hydrogen-bond donors (Lipinski definition) is 0. The summed E-state index contributed by atoms with van der Waals surface area (Å²) >= 11 is 5.75. The lowest BCUT2D eigenvalue weighted by Crippen LogP contribution is -1.90. The number of halogens is 1. The van der Waals surface area contributed by atoms with E-state index >= 15 is 0 Å². The summed E-state index contributed by atoms with van der Waals surface area (Å²) in [6, 6.07) is 10.00. The highest BCUT2D eigenvalue weighted by Crippen LogP contribution is 2.12. The van der Waals surface area contributed by atoms with E-state index in [4.69, 9.17) is 16.0 Å². The molecule has 4 heteroatoms. The molecule has 2 rings (SSSR count). The highest BCUT2D eigenvalue weighted by Gasteiger charge is 2.07.